The van der Waals surface area contributed by atoms with E-state index in [0.717, 1.165) is 47.0 Å². The zero-order chi connectivity index (χ0) is 67.6. The average molecular weight is 1380 g/mol. The molecule has 2 aliphatic rings. The fraction of sp³-hybridized carbons (Fsp3) is 0.492. The van der Waals surface area contributed by atoms with Crippen LogP contribution < -0.4 is 24.8 Å². The van der Waals surface area contributed by atoms with Crippen molar-refractivity contribution in [2.45, 2.75) is 83.0 Å². The molecule has 2 atom stereocenters. The van der Waals surface area contributed by atoms with Crippen LogP contribution in [0.2, 0.25) is 5.02 Å². The van der Waals surface area contributed by atoms with Crippen LogP contribution in [0.4, 0.5) is 0 Å². The van der Waals surface area contributed by atoms with Gasteiger partial charge in [-0.25, -0.2) is 8.42 Å². The lowest BCUT2D eigenvalue weighted by Crippen LogP contribution is -2.50. The van der Waals surface area contributed by atoms with E-state index in [1.807, 2.05) is 56.4 Å². The second kappa shape index (κ2) is 33.8. The highest BCUT2D eigenvalue weighted by molar-refractivity contribution is 7.90. The summed E-state index contributed by atoms with van der Waals surface area (Å²) in [6, 6.07) is 13.2. The summed E-state index contributed by atoms with van der Waals surface area (Å²) >= 11 is 6.82. The highest BCUT2D eigenvalue weighted by Crippen LogP contribution is 2.37. The summed E-state index contributed by atoms with van der Waals surface area (Å²) < 4.78 is 90.1. The number of benzene rings is 3. The molecule has 34 heteroatoms. The second-order valence-corrected chi connectivity index (χ2v) is 28.5. The van der Waals surface area contributed by atoms with Gasteiger partial charge in [-0.3, -0.25) is 62.4 Å². The van der Waals surface area contributed by atoms with Gasteiger partial charge in [0, 0.05) is 134 Å². The van der Waals surface area contributed by atoms with E-state index in [9.17, 15) is 75.0 Å². The molecule has 0 aliphatic carbocycles. The Morgan fingerprint density at radius 1 is 0.731 bits per heavy atom. The van der Waals surface area contributed by atoms with Crippen LogP contribution >= 0.6 is 19.2 Å². The number of carbonyl (C=O) groups excluding carboxylic acids is 2. The van der Waals surface area contributed by atoms with E-state index >= 15 is 0 Å². The molecule has 2 aromatic heterocycles. The highest BCUT2D eigenvalue weighted by atomic mass is 35.5. The van der Waals surface area contributed by atoms with Crippen molar-refractivity contribution >= 4 is 68.9 Å². The minimum absolute atomic E-state index is 0.00922. The number of nitrogens with one attached hydrogen (secondary N) is 2. The van der Waals surface area contributed by atoms with Crippen molar-refractivity contribution in [3.63, 3.8) is 0 Å². The molecule has 93 heavy (non-hydrogen) atoms. The number of nitrogens with zero attached hydrogens (tertiary/aromatic N) is 9. The van der Waals surface area contributed by atoms with Gasteiger partial charge in [0.2, 0.25) is 11.8 Å². The third-order valence-corrected chi connectivity index (χ3v) is 18.7. The summed E-state index contributed by atoms with van der Waals surface area (Å²) in [5.74, 6) is -4.50. The molecule has 2 amide bonds. The Hall–Kier alpha value is -7.20. The summed E-state index contributed by atoms with van der Waals surface area (Å²) in [5.41, 5.74) is 5.59. The molecule has 3 aromatic carbocycles. The first-order chi connectivity index (χ1) is 44.0. The molecule has 2 saturated heterocycles. The van der Waals surface area contributed by atoms with Crippen LogP contribution in [0.1, 0.15) is 52.8 Å². The van der Waals surface area contributed by atoms with E-state index in [0.29, 0.717) is 62.8 Å². The topological polar surface area (TPSA) is 404 Å². The van der Waals surface area contributed by atoms with Crippen molar-refractivity contribution in [2.24, 2.45) is 0 Å². The second-order valence-electron chi connectivity index (χ2n) is 22.8. The van der Waals surface area contributed by atoms with Gasteiger partial charge in [0.15, 0.2) is 9.84 Å². The van der Waals surface area contributed by atoms with Gasteiger partial charge in [0.05, 0.1) is 41.1 Å². The van der Waals surface area contributed by atoms with E-state index in [-0.39, 0.29) is 111 Å². The zero-order valence-corrected chi connectivity index (χ0v) is 55.0. The SMILES string of the molecule is Cc1c(COc2cc(OCc3cncc(S(C)(=O)=O)c3)c(CN[C@@H](CS(=O)(=O)O)C(=O)NCCP(=O)(O)O)cc2Cl)cccc1-c1cccc(OCc2cn(CCCN3CCN(C(=O)CC[C@H](C(=O)O)N4CCN(CC(=O)O)CCN(CC(=O)O)CC4)CC3)nn2)c1C. The number of carbonyl (C=O) groups is 5. The van der Waals surface area contributed by atoms with Crippen LogP contribution in [0.3, 0.4) is 0 Å². The number of pyridine rings is 1. The first-order valence-corrected chi connectivity index (χ1v) is 35.4. The van der Waals surface area contributed by atoms with Crippen molar-refractivity contribution in [2.75, 3.05) is 110 Å². The lowest BCUT2D eigenvalue weighted by Gasteiger charge is -2.35. The molecular weight excluding hydrogens is 1300 g/mol. The zero-order valence-electron chi connectivity index (χ0n) is 51.7. The molecule has 0 bridgehead atoms. The van der Waals surface area contributed by atoms with Crippen LogP contribution in [-0.4, -0.2) is 243 Å². The minimum atomic E-state index is -4.76. The average Bonchev–Trinajstić information content (AvgIpc) is 1.26. The highest BCUT2D eigenvalue weighted by Gasteiger charge is 2.31. The molecule has 0 saturated carbocycles. The van der Waals surface area contributed by atoms with Gasteiger partial charge in [-0.05, 0) is 72.7 Å². The molecule has 2 fully saturated rings. The van der Waals surface area contributed by atoms with Gasteiger partial charge in [0.1, 0.15) is 54.8 Å². The molecule has 30 nitrogen and oxygen atoms in total. The maximum absolute atomic E-state index is 13.4. The van der Waals surface area contributed by atoms with E-state index in [1.54, 1.807) is 24.3 Å². The first-order valence-electron chi connectivity index (χ1n) is 29.8. The number of amides is 2. The Morgan fingerprint density at radius 2 is 1.35 bits per heavy atom. The van der Waals surface area contributed by atoms with Crippen molar-refractivity contribution < 1.29 is 89.2 Å². The van der Waals surface area contributed by atoms with Gasteiger partial charge in [-0.15, -0.1) is 5.10 Å². The molecule has 0 unspecified atom stereocenters. The third kappa shape index (κ3) is 23.3. The number of aliphatic carboxylic acids is 3. The monoisotopic (exact) mass is 1380 g/mol. The van der Waals surface area contributed by atoms with E-state index < -0.39 is 81.9 Å². The van der Waals surface area contributed by atoms with Crippen molar-refractivity contribution in [1.82, 2.24) is 55.1 Å². The van der Waals surface area contributed by atoms with Crippen LogP contribution in [0.5, 0.6) is 17.2 Å². The van der Waals surface area contributed by atoms with Gasteiger partial charge in [-0.2, -0.15) is 8.42 Å². The van der Waals surface area contributed by atoms with Crippen molar-refractivity contribution in [3.8, 4) is 28.4 Å². The van der Waals surface area contributed by atoms with Crippen LogP contribution in [0, 0.1) is 13.8 Å². The van der Waals surface area contributed by atoms with E-state index in [4.69, 9.17) is 25.8 Å². The number of carboxylic acid groups (broad SMARTS) is 3. The number of ether oxygens (including phenoxy) is 3. The maximum Gasteiger partial charge on any atom is 0.327 e. The number of carboxylic acids is 3. The molecule has 8 N–H and O–H groups in total. The fourth-order valence-electron chi connectivity index (χ4n) is 10.7. The Morgan fingerprint density at radius 3 is 1.99 bits per heavy atom. The molecule has 0 spiro atoms. The molecule has 4 heterocycles. The number of hydrogen-bond acceptors (Lipinski definition) is 21. The Kier molecular flexibility index (Phi) is 26.6. The minimum Gasteiger partial charge on any atom is -0.488 e. The standard InChI is InChI=1S/C59H79ClN11O19PS2/c1-40-43(37-89-54-29-53(88-36-42-27-46(32-61-30-42)92(3,83)84)44(28-49(54)60)31-63-50(39-93(85,86)87)58(77)62-13-26-91(80,81)82)7-4-8-47(40)48-9-5-10-52(41(48)2)90-38-45-33-71(65-64-45)15-6-14-66-18-24-70(25-19-66)55(72)12-11-51(59(78)79)69-22-20-67(34-56(73)74)16-17-68(21-23-69)35-57(75)76/h4-5,7-10,27-30,32-33,50-51,63H,6,11-26,31,34-39H2,1-3H3,(H,62,77)(H,73,74)(H,75,76)(H,78,79)(H2,80,81,82)(H,85,86,87)/t50-,51+/m0/s1. The maximum atomic E-state index is 13.4. The van der Waals surface area contributed by atoms with Gasteiger partial charge in [-0.1, -0.05) is 47.1 Å². The van der Waals surface area contributed by atoms with Gasteiger partial charge in [0.25, 0.3) is 10.1 Å². The Bertz CT molecular complexity index is 3700. The van der Waals surface area contributed by atoms with E-state index in [1.165, 1.54) is 30.6 Å². The normalized spacial score (nSPS) is 15.8. The molecule has 2 aliphatic heterocycles. The van der Waals surface area contributed by atoms with Gasteiger partial charge >= 0.3 is 25.5 Å². The Labute approximate surface area is 543 Å². The number of halogens is 1. The number of sulfone groups is 1. The quantitative estimate of drug-likeness (QED) is 0.0220. The van der Waals surface area contributed by atoms with Crippen molar-refractivity contribution in [1.29, 1.82) is 0 Å². The smallest absolute Gasteiger partial charge is 0.327 e. The molecule has 0 radical (unpaired) electrons. The van der Waals surface area contributed by atoms with E-state index in [2.05, 4.69) is 30.8 Å². The lowest BCUT2D eigenvalue weighted by molar-refractivity contribution is -0.145. The molecule has 5 aromatic rings. The number of aryl methyl sites for hydroxylation is 1. The molecule has 508 valence electrons. The summed E-state index contributed by atoms with van der Waals surface area (Å²) in [6.07, 6.45) is 5.55. The number of piperazine rings is 1. The summed E-state index contributed by atoms with van der Waals surface area (Å²) in [7, 11) is -12.9. The fourth-order valence-corrected chi connectivity index (χ4v) is 12.7. The van der Waals surface area contributed by atoms with Crippen LogP contribution in [0.25, 0.3) is 11.1 Å². The number of aromatic nitrogens is 4. The number of rotatable bonds is 33. The van der Waals surface area contributed by atoms with Crippen LogP contribution in [0.15, 0.2) is 78.1 Å². The van der Waals surface area contributed by atoms with Gasteiger partial charge < -0.3 is 54.9 Å². The Balaban J connectivity index is 0.918. The number of hydrogen-bond donors (Lipinski definition) is 8. The summed E-state index contributed by atoms with van der Waals surface area (Å²) in [6.45, 7) is 7.79. The van der Waals surface area contributed by atoms with Crippen LogP contribution in [-0.2, 0) is 81.4 Å². The largest absolute Gasteiger partial charge is 0.488 e. The summed E-state index contributed by atoms with van der Waals surface area (Å²) in [4.78, 5) is 93.5. The summed E-state index contributed by atoms with van der Waals surface area (Å²) in [5, 5.41) is 42.8. The predicted octanol–water partition coefficient (Wildman–Crippen LogP) is 2.25. The first kappa shape index (κ1) is 73.2. The molecule has 7 rings (SSSR count). The van der Waals surface area contributed by atoms with Crippen molar-refractivity contribution in [3.05, 3.63) is 112 Å². The lowest BCUT2D eigenvalue weighted by atomic mass is 9.93. The molecular formula is C59H79ClN11O19PS2. The predicted molar refractivity (Wildman–Crippen MR) is 338 cm³/mol. The third-order valence-electron chi connectivity index (χ3n) is 15.8.